The number of nitrogens with one attached hydrogen (secondary N) is 1. The van der Waals surface area contributed by atoms with Crippen LogP contribution in [0.25, 0.3) is 0 Å². The monoisotopic (exact) mass is 328 g/mol. The van der Waals surface area contributed by atoms with Gasteiger partial charge in [-0.25, -0.2) is 0 Å². The number of hydrogen-bond donors (Lipinski definition) is 1. The van der Waals surface area contributed by atoms with Crippen LogP contribution in [0.4, 0.5) is 11.4 Å². The van der Waals surface area contributed by atoms with Gasteiger partial charge in [-0.2, -0.15) is 5.26 Å². The second-order valence-corrected chi connectivity index (χ2v) is 5.02. The Labute approximate surface area is 138 Å². The Balaban J connectivity index is 2.02. The minimum Gasteiger partial charge on any atom is -0.468 e. The zero-order chi connectivity index (χ0) is 17.4. The van der Waals surface area contributed by atoms with Crippen LogP contribution < -0.4 is 5.32 Å². The zero-order valence-electron chi connectivity index (χ0n) is 12.8. The summed E-state index contributed by atoms with van der Waals surface area (Å²) in [6.07, 6.45) is 1.80. The summed E-state index contributed by atoms with van der Waals surface area (Å²) in [7, 11) is 0. The smallest absolute Gasteiger partial charge is 0.292 e. The van der Waals surface area contributed by atoms with Gasteiger partial charge >= 0.3 is 0 Å². The Morgan fingerprint density at radius 3 is 2.79 bits per heavy atom. The van der Waals surface area contributed by atoms with E-state index in [9.17, 15) is 14.9 Å². The van der Waals surface area contributed by atoms with Gasteiger partial charge in [-0.15, -0.1) is 0 Å². The first-order valence-corrected chi connectivity index (χ1v) is 7.25. The number of nitrogens with zero attached hydrogens (tertiary/aromatic N) is 3. The number of nitro benzene ring substituents is 1. The van der Waals surface area contributed by atoms with Crippen molar-refractivity contribution in [2.45, 2.75) is 13.0 Å². The summed E-state index contributed by atoms with van der Waals surface area (Å²) in [6, 6.07) is 11.5. The SMILES string of the molecule is N#CCCN(CC(=O)Nc1ccccc1[N+](=O)[O-])Cc1ccco1. The standard InChI is InChI=1S/C16H16N4O4/c17-8-4-9-19(11-13-5-3-10-24-13)12-16(21)18-14-6-1-2-7-15(14)20(22)23/h1-3,5-7,10H,4,9,11-12H2,(H,18,21). The number of benzene rings is 1. The molecule has 0 bridgehead atoms. The summed E-state index contributed by atoms with van der Waals surface area (Å²) >= 11 is 0. The molecule has 0 spiro atoms. The van der Waals surface area contributed by atoms with Crippen LogP contribution in [0, 0.1) is 21.4 Å². The average Bonchev–Trinajstić information content (AvgIpc) is 3.05. The maximum Gasteiger partial charge on any atom is 0.292 e. The van der Waals surface area contributed by atoms with Gasteiger partial charge in [0, 0.05) is 19.0 Å². The van der Waals surface area contributed by atoms with Gasteiger partial charge in [-0.05, 0) is 18.2 Å². The van der Waals surface area contributed by atoms with Crippen molar-refractivity contribution in [1.82, 2.24) is 4.90 Å². The first-order chi connectivity index (χ1) is 11.6. The van der Waals surface area contributed by atoms with Crippen molar-refractivity contribution < 1.29 is 14.1 Å². The van der Waals surface area contributed by atoms with Gasteiger partial charge in [-0.3, -0.25) is 19.8 Å². The third-order valence-corrected chi connectivity index (χ3v) is 3.24. The normalized spacial score (nSPS) is 10.3. The molecule has 0 fully saturated rings. The van der Waals surface area contributed by atoms with Gasteiger partial charge in [0.25, 0.3) is 5.69 Å². The van der Waals surface area contributed by atoms with Crippen LogP contribution in [0.5, 0.6) is 0 Å². The summed E-state index contributed by atoms with van der Waals surface area (Å²) in [5.41, 5.74) is -0.0220. The van der Waals surface area contributed by atoms with Crippen LogP contribution in [0.15, 0.2) is 47.1 Å². The molecular formula is C16H16N4O4. The topological polar surface area (TPSA) is 112 Å². The Kier molecular flexibility index (Phi) is 6.05. The number of furan rings is 1. The van der Waals surface area contributed by atoms with Crippen molar-refractivity contribution in [3.05, 3.63) is 58.5 Å². The van der Waals surface area contributed by atoms with E-state index in [1.54, 1.807) is 23.1 Å². The summed E-state index contributed by atoms with van der Waals surface area (Å²) in [5.74, 6) is 0.278. The van der Waals surface area contributed by atoms with Crippen LogP contribution in [0.1, 0.15) is 12.2 Å². The van der Waals surface area contributed by atoms with Crippen LogP contribution >= 0.6 is 0 Å². The first-order valence-electron chi connectivity index (χ1n) is 7.25. The fourth-order valence-electron chi connectivity index (χ4n) is 2.18. The van der Waals surface area contributed by atoms with E-state index in [1.165, 1.54) is 24.5 Å². The van der Waals surface area contributed by atoms with Crippen LogP contribution in [-0.2, 0) is 11.3 Å². The van der Waals surface area contributed by atoms with E-state index in [0.717, 1.165) is 0 Å². The number of amides is 1. The van der Waals surface area contributed by atoms with Crippen LogP contribution in [0.3, 0.4) is 0 Å². The molecule has 0 saturated carbocycles. The van der Waals surface area contributed by atoms with E-state index in [1.807, 2.05) is 6.07 Å². The molecule has 1 heterocycles. The molecule has 0 atom stereocenters. The Morgan fingerprint density at radius 2 is 2.12 bits per heavy atom. The van der Waals surface area contributed by atoms with Crippen molar-refractivity contribution in [2.75, 3.05) is 18.4 Å². The summed E-state index contributed by atoms with van der Waals surface area (Å²) < 4.78 is 5.25. The van der Waals surface area contributed by atoms with Crippen molar-refractivity contribution in [3.63, 3.8) is 0 Å². The Morgan fingerprint density at radius 1 is 1.33 bits per heavy atom. The maximum absolute atomic E-state index is 12.2. The quantitative estimate of drug-likeness (QED) is 0.588. The van der Waals surface area contributed by atoms with E-state index in [0.29, 0.717) is 18.8 Å². The molecule has 0 aliphatic rings. The molecule has 1 aromatic heterocycles. The Hall–Kier alpha value is -3.18. The molecule has 8 heteroatoms. The van der Waals surface area contributed by atoms with E-state index in [4.69, 9.17) is 9.68 Å². The number of carbonyl (C=O) groups excluding carboxylic acids is 1. The van der Waals surface area contributed by atoms with Gasteiger partial charge in [0.2, 0.25) is 5.91 Å². The lowest BCUT2D eigenvalue weighted by Gasteiger charge is -2.19. The molecule has 24 heavy (non-hydrogen) atoms. The highest BCUT2D eigenvalue weighted by Crippen LogP contribution is 2.23. The number of anilines is 1. The maximum atomic E-state index is 12.2. The van der Waals surface area contributed by atoms with Gasteiger partial charge in [0.1, 0.15) is 11.4 Å². The highest BCUT2D eigenvalue weighted by atomic mass is 16.6. The number of rotatable bonds is 8. The molecule has 1 N–H and O–H groups in total. The molecule has 0 aliphatic heterocycles. The minimum absolute atomic E-state index is 0.00553. The van der Waals surface area contributed by atoms with Crippen molar-refractivity contribution in [3.8, 4) is 6.07 Å². The third kappa shape index (κ3) is 4.93. The lowest BCUT2D eigenvalue weighted by molar-refractivity contribution is -0.383. The lowest BCUT2D eigenvalue weighted by Crippen LogP contribution is -2.33. The molecule has 0 unspecified atom stereocenters. The fourth-order valence-corrected chi connectivity index (χ4v) is 2.18. The summed E-state index contributed by atoms with van der Waals surface area (Å²) in [5, 5.41) is 22.2. The number of nitro groups is 1. The molecule has 2 rings (SSSR count). The lowest BCUT2D eigenvalue weighted by atomic mass is 10.2. The van der Waals surface area contributed by atoms with E-state index < -0.39 is 10.8 Å². The molecule has 1 aromatic carbocycles. The van der Waals surface area contributed by atoms with E-state index >= 15 is 0 Å². The van der Waals surface area contributed by atoms with Crippen LogP contribution in [-0.4, -0.2) is 28.8 Å². The highest BCUT2D eigenvalue weighted by Gasteiger charge is 2.17. The molecule has 0 saturated heterocycles. The molecule has 2 aromatic rings. The number of carbonyl (C=O) groups is 1. The first kappa shape index (κ1) is 17.2. The predicted molar refractivity (Wildman–Crippen MR) is 85.9 cm³/mol. The summed E-state index contributed by atoms with van der Waals surface area (Å²) in [6.45, 7) is 0.759. The second kappa shape index (κ2) is 8.45. The fraction of sp³-hybridized carbons (Fsp3) is 0.250. The second-order valence-electron chi connectivity index (χ2n) is 5.02. The van der Waals surface area contributed by atoms with E-state index in [-0.39, 0.29) is 24.3 Å². The van der Waals surface area contributed by atoms with Crippen molar-refractivity contribution >= 4 is 17.3 Å². The van der Waals surface area contributed by atoms with Crippen molar-refractivity contribution in [2.24, 2.45) is 0 Å². The van der Waals surface area contributed by atoms with Gasteiger partial charge < -0.3 is 9.73 Å². The molecule has 1 amide bonds. The Bertz CT molecular complexity index is 737. The largest absolute Gasteiger partial charge is 0.468 e. The molecule has 0 aliphatic carbocycles. The minimum atomic E-state index is -0.550. The van der Waals surface area contributed by atoms with Gasteiger partial charge in [-0.1, -0.05) is 12.1 Å². The number of para-hydroxylation sites is 2. The van der Waals surface area contributed by atoms with Crippen molar-refractivity contribution in [1.29, 1.82) is 5.26 Å². The molecule has 0 radical (unpaired) electrons. The predicted octanol–water partition coefficient (Wildman–Crippen LogP) is 2.54. The zero-order valence-corrected chi connectivity index (χ0v) is 12.8. The molecule has 124 valence electrons. The van der Waals surface area contributed by atoms with E-state index in [2.05, 4.69) is 5.32 Å². The molecule has 8 nitrogen and oxygen atoms in total. The van der Waals surface area contributed by atoms with Gasteiger partial charge in [0.05, 0.1) is 30.3 Å². The third-order valence-electron chi connectivity index (χ3n) is 3.24. The number of hydrogen-bond acceptors (Lipinski definition) is 6. The number of nitriles is 1. The highest BCUT2D eigenvalue weighted by molar-refractivity contribution is 5.94. The average molecular weight is 328 g/mol. The van der Waals surface area contributed by atoms with Crippen LogP contribution in [0.2, 0.25) is 0 Å². The molecular weight excluding hydrogens is 312 g/mol. The van der Waals surface area contributed by atoms with Gasteiger partial charge in [0.15, 0.2) is 0 Å². The summed E-state index contributed by atoms with van der Waals surface area (Å²) in [4.78, 5) is 24.4.